The minimum Gasteiger partial charge on any atom is -0.486 e. The van der Waals surface area contributed by atoms with Crippen LogP contribution in [0.3, 0.4) is 0 Å². The van der Waals surface area contributed by atoms with Gasteiger partial charge in [0.25, 0.3) is 5.91 Å². The molecule has 1 amide bonds. The fourth-order valence-electron chi connectivity index (χ4n) is 3.30. The summed E-state index contributed by atoms with van der Waals surface area (Å²) in [5.74, 6) is 0.928. The van der Waals surface area contributed by atoms with Crippen molar-refractivity contribution in [3.63, 3.8) is 0 Å². The molecule has 128 valence electrons. The van der Waals surface area contributed by atoms with E-state index in [0.29, 0.717) is 43.2 Å². The van der Waals surface area contributed by atoms with E-state index in [1.807, 2.05) is 36.6 Å². The molecule has 24 heavy (non-hydrogen) atoms. The monoisotopic (exact) mass is 330 g/mol. The first kappa shape index (κ1) is 16.4. The van der Waals surface area contributed by atoms with E-state index in [1.165, 1.54) is 0 Å². The van der Waals surface area contributed by atoms with E-state index in [2.05, 4.69) is 0 Å². The molecule has 1 aliphatic heterocycles. The third-order valence-corrected chi connectivity index (χ3v) is 4.40. The first-order chi connectivity index (χ1) is 11.5. The van der Waals surface area contributed by atoms with E-state index in [-0.39, 0.29) is 6.61 Å². The molecule has 2 heterocycles. The number of amides is 1. The number of ether oxygens (including phenoxy) is 2. The van der Waals surface area contributed by atoms with Crippen molar-refractivity contribution < 1.29 is 19.4 Å². The molecule has 0 radical (unpaired) electrons. The van der Waals surface area contributed by atoms with Crippen LogP contribution in [0.15, 0.2) is 18.2 Å². The molecule has 1 aromatic carbocycles. The molecule has 0 unspecified atom stereocenters. The van der Waals surface area contributed by atoms with Crippen LogP contribution in [0.1, 0.15) is 28.2 Å². The van der Waals surface area contributed by atoms with Crippen LogP contribution in [0.25, 0.3) is 11.1 Å². The van der Waals surface area contributed by atoms with Crippen molar-refractivity contribution in [1.29, 1.82) is 0 Å². The molecule has 1 aromatic heterocycles. The lowest BCUT2D eigenvalue weighted by atomic mass is 9.99. The van der Waals surface area contributed by atoms with Crippen LogP contribution in [0, 0.1) is 13.8 Å². The number of hydrogen-bond donors (Lipinski definition) is 2. The zero-order chi connectivity index (χ0) is 17.3. The van der Waals surface area contributed by atoms with Crippen LogP contribution in [0.2, 0.25) is 0 Å². The number of rotatable bonds is 5. The van der Waals surface area contributed by atoms with Crippen LogP contribution in [-0.2, 0) is 6.54 Å². The molecule has 0 atom stereocenters. The Hall–Kier alpha value is -2.47. The molecule has 0 bridgehead atoms. The standard InChI is InChI=1S/C18H22N2O4/c1-11-16(13-4-5-14-15(10-13)24-9-8-23-14)17(18(19)22)12(2)20(11)6-3-7-21/h4-5,10,21H,3,6-9H2,1-2H3,(H2,19,22). The topological polar surface area (TPSA) is 86.7 Å². The summed E-state index contributed by atoms with van der Waals surface area (Å²) in [7, 11) is 0. The SMILES string of the molecule is Cc1c(C(N)=O)c(-c2ccc3c(c2)OCCO3)c(C)n1CCCO. The first-order valence-corrected chi connectivity index (χ1v) is 8.05. The van der Waals surface area contributed by atoms with Gasteiger partial charge in [-0.05, 0) is 38.0 Å². The average Bonchev–Trinajstić information content (AvgIpc) is 2.83. The summed E-state index contributed by atoms with van der Waals surface area (Å²) >= 11 is 0. The number of benzene rings is 1. The molecule has 0 saturated heterocycles. The van der Waals surface area contributed by atoms with E-state index in [4.69, 9.17) is 20.3 Å². The normalized spacial score (nSPS) is 13.1. The van der Waals surface area contributed by atoms with Gasteiger partial charge >= 0.3 is 0 Å². The van der Waals surface area contributed by atoms with Crippen LogP contribution in [0.5, 0.6) is 11.5 Å². The van der Waals surface area contributed by atoms with E-state index >= 15 is 0 Å². The fourth-order valence-corrected chi connectivity index (χ4v) is 3.30. The number of nitrogens with zero attached hydrogens (tertiary/aromatic N) is 1. The summed E-state index contributed by atoms with van der Waals surface area (Å²) in [6.45, 7) is 5.62. The maximum absolute atomic E-state index is 12.0. The molecular formula is C18H22N2O4. The number of carbonyl (C=O) groups excluding carboxylic acids is 1. The Morgan fingerprint density at radius 2 is 1.92 bits per heavy atom. The van der Waals surface area contributed by atoms with Gasteiger partial charge < -0.3 is 24.9 Å². The van der Waals surface area contributed by atoms with E-state index in [1.54, 1.807) is 0 Å². The molecule has 2 aromatic rings. The van der Waals surface area contributed by atoms with Gasteiger partial charge in [-0.2, -0.15) is 0 Å². The maximum Gasteiger partial charge on any atom is 0.251 e. The maximum atomic E-state index is 12.0. The van der Waals surface area contributed by atoms with Gasteiger partial charge in [0, 0.05) is 30.1 Å². The highest BCUT2D eigenvalue weighted by atomic mass is 16.6. The van der Waals surface area contributed by atoms with E-state index in [0.717, 1.165) is 22.5 Å². The second-order valence-electron chi connectivity index (χ2n) is 5.87. The third kappa shape index (κ3) is 2.73. The van der Waals surface area contributed by atoms with Crippen LogP contribution in [-0.4, -0.2) is 35.4 Å². The zero-order valence-electron chi connectivity index (χ0n) is 14.0. The largest absolute Gasteiger partial charge is 0.486 e. The smallest absolute Gasteiger partial charge is 0.251 e. The average molecular weight is 330 g/mol. The minimum absolute atomic E-state index is 0.0995. The van der Waals surface area contributed by atoms with Gasteiger partial charge in [0.15, 0.2) is 11.5 Å². The number of hydrogen-bond acceptors (Lipinski definition) is 4. The van der Waals surface area contributed by atoms with Crippen molar-refractivity contribution in [3.05, 3.63) is 35.2 Å². The molecule has 1 aliphatic rings. The first-order valence-electron chi connectivity index (χ1n) is 8.05. The van der Waals surface area contributed by atoms with Crippen molar-refractivity contribution in [2.24, 2.45) is 5.73 Å². The zero-order valence-corrected chi connectivity index (χ0v) is 14.0. The number of aliphatic hydroxyl groups excluding tert-OH is 1. The van der Waals surface area contributed by atoms with Crippen molar-refractivity contribution >= 4 is 5.91 Å². The summed E-state index contributed by atoms with van der Waals surface area (Å²) in [6.07, 6.45) is 0.620. The highest BCUT2D eigenvalue weighted by Gasteiger charge is 2.23. The Morgan fingerprint density at radius 1 is 1.21 bits per heavy atom. The predicted molar refractivity (Wildman–Crippen MR) is 90.6 cm³/mol. The van der Waals surface area contributed by atoms with Crippen molar-refractivity contribution in [2.45, 2.75) is 26.8 Å². The Morgan fingerprint density at radius 3 is 2.58 bits per heavy atom. The summed E-state index contributed by atoms with van der Waals surface area (Å²) < 4.78 is 13.2. The highest BCUT2D eigenvalue weighted by molar-refractivity contribution is 6.02. The lowest BCUT2D eigenvalue weighted by Crippen LogP contribution is -2.15. The summed E-state index contributed by atoms with van der Waals surface area (Å²) in [5, 5.41) is 9.11. The quantitative estimate of drug-likeness (QED) is 0.878. The van der Waals surface area contributed by atoms with Gasteiger partial charge in [0.1, 0.15) is 13.2 Å². The summed E-state index contributed by atoms with van der Waals surface area (Å²) in [6, 6.07) is 5.66. The third-order valence-electron chi connectivity index (χ3n) is 4.40. The van der Waals surface area contributed by atoms with E-state index in [9.17, 15) is 4.79 Å². The minimum atomic E-state index is -0.455. The molecule has 0 spiro atoms. The van der Waals surface area contributed by atoms with Gasteiger partial charge in [0.2, 0.25) is 0 Å². The number of nitrogens with two attached hydrogens (primary N) is 1. The molecule has 3 N–H and O–H groups in total. The number of fused-ring (bicyclic) bond motifs is 1. The molecule has 3 rings (SSSR count). The van der Waals surface area contributed by atoms with Crippen LogP contribution < -0.4 is 15.2 Å². The molecule has 0 fully saturated rings. The molecule has 0 saturated carbocycles. The number of aromatic nitrogens is 1. The van der Waals surface area contributed by atoms with Crippen molar-refractivity contribution in [1.82, 2.24) is 4.57 Å². The van der Waals surface area contributed by atoms with Crippen molar-refractivity contribution in [3.8, 4) is 22.6 Å². The highest BCUT2D eigenvalue weighted by Crippen LogP contribution is 2.38. The van der Waals surface area contributed by atoms with Crippen LogP contribution >= 0.6 is 0 Å². The molecule has 0 aliphatic carbocycles. The Labute approximate surface area is 140 Å². The van der Waals surface area contributed by atoms with Gasteiger partial charge in [-0.15, -0.1) is 0 Å². The lowest BCUT2D eigenvalue weighted by molar-refractivity contribution is 0.1000. The van der Waals surface area contributed by atoms with Gasteiger partial charge in [0.05, 0.1) is 5.56 Å². The second-order valence-corrected chi connectivity index (χ2v) is 5.87. The lowest BCUT2D eigenvalue weighted by Gasteiger charge is -2.19. The Balaban J connectivity index is 2.14. The summed E-state index contributed by atoms with van der Waals surface area (Å²) in [4.78, 5) is 12.0. The second kappa shape index (κ2) is 6.57. The molecule has 6 nitrogen and oxygen atoms in total. The Bertz CT molecular complexity index is 780. The van der Waals surface area contributed by atoms with E-state index < -0.39 is 5.91 Å². The Kier molecular flexibility index (Phi) is 4.49. The number of carbonyl (C=O) groups is 1. The molecule has 6 heteroatoms. The van der Waals surface area contributed by atoms with Gasteiger partial charge in [-0.1, -0.05) is 6.07 Å². The van der Waals surface area contributed by atoms with Gasteiger partial charge in [-0.25, -0.2) is 0 Å². The number of aliphatic hydroxyl groups is 1. The number of primary amides is 1. The van der Waals surface area contributed by atoms with Crippen LogP contribution in [0.4, 0.5) is 0 Å². The van der Waals surface area contributed by atoms with Crippen molar-refractivity contribution in [2.75, 3.05) is 19.8 Å². The van der Waals surface area contributed by atoms with Gasteiger partial charge in [-0.3, -0.25) is 4.79 Å². The fraction of sp³-hybridized carbons (Fsp3) is 0.389. The molecular weight excluding hydrogens is 308 g/mol. The predicted octanol–water partition coefficient (Wildman–Crippen LogP) is 2.02. The summed E-state index contributed by atoms with van der Waals surface area (Å²) in [5.41, 5.74) is 9.61.